The second-order valence-electron chi connectivity index (χ2n) is 10.7. The first kappa shape index (κ1) is 21.7. The third kappa shape index (κ3) is 3.51. The molecule has 4 bridgehead atoms. The normalized spacial score (nSPS) is 28.5. The van der Waals surface area contributed by atoms with Crippen molar-refractivity contribution in [1.82, 2.24) is 19.9 Å². The number of amides is 1. The number of nitrogens with zero attached hydrogens (tertiary/aromatic N) is 3. The van der Waals surface area contributed by atoms with E-state index in [9.17, 15) is 13.6 Å². The van der Waals surface area contributed by atoms with E-state index < -0.39 is 6.43 Å². The Morgan fingerprint density at radius 3 is 2.35 bits per heavy atom. The number of benzene rings is 1. The lowest BCUT2D eigenvalue weighted by Crippen LogP contribution is -2.56. The first-order valence-corrected chi connectivity index (χ1v) is 12.5. The van der Waals surface area contributed by atoms with Crippen molar-refractivity contribution < 1.29 is 13.6 Å². The summed E-state index contributed by atoms with van der Waals surface area (Å²) < 4.78 is 28.9. The zero-order valence-electron chi connectivity index (χ0n) is 19.4. The monoisotopic (exact) mass is 464 g/mol. The lowest BCUT2D eigenvalue weighted by Gasteiger charge is -2.59. The number of carbonyl (C=O) groups excluding carboxylic acids is 1. The number of alkyl halides is 2. The largest absolute Gasteiger partial charge is 0.349 e. The first-order chi connectivity index (χ1) is 16.5. The number of halogens is 2. The second kappa shape index (κ2) is 8.14. The van der Waals surface area contributed by atoms with Gasteiger partial charge in [-0.05, 0) is 74.2 Å². The summed E-state index contributed by atoms with van der Waals surface area (Å²) in [4.78, 5) is 18.1. The predicted octanol–water partition coefficient (Wildman–Crippen LogP) is 6.06. The van der Waals surface area contributed by atoms with Crippen LogP contribution < -0.4 is 5.32 Å². The van der Waals surface area contributed by atoms with E-state index in [-0.39, 0.29) is 34.3 Å². The van der Waals surface area contributed by atoms with Crippen LogP contribution in [0.25, 0.3) is 16.9 Å². The maximum Gasteiger partial charge on any atom is 0.280 e. The van der Waals surface area contributed by atoms with Crippen LogP contribution in [0.15, 0.2) is 42.6 Å². The summed E-state index contributed by atoms with van der Waals surface area (Å²) in [5.41, 5.74) is 1.46. The van der Waals surface area contributed by atoms with Crippen LogP contribution in [0.1, 0.15) is 74.3 Å². The molecule has 4 saturated carbocycles. The van der Waals surface area contributed by atoms with Gasteiger partial charge in [0.25, 0.3) is 12.3 Å². The van der Waals surface area contributed by atoms with Gasteiger partial charge in [-0.2, -0.15) is 5.10 Å². The van der Waals surface area contributed by atoms with Gasteiger partial charge >= 0.3 is 0 Å². The van der Waals surface area contributed by atoms with E-state index >= 15 is 0 Å². The average molecular weight is 465 g/mol. The molecule has 7 heteroatoms. The average Bonchev–Trinajstić information content (AvgIpc) is 3.25. The van der Waals surface area contributed by atoms with Gasteiger partial charge in [-0.25, -0.2) is 18.3 Å². The summed E-state index contributed by atoms with van der Waals surface area (Å²) in [6, 6.07) is 10.6. The third-order valence-electron chi connectivity index (χ3n) is 8.58. The Hall–Kier alpha value is -2.83. The predicted molar refractivity (Wildman–Crippen MR) is 126 cm³/mol. The van der Waals surface area contributed by atoms with Gasteiger partial charge in [-0.15, -0.1) is 0 Å². The standard InChI is InChI=1S/C27H30F2N4O/c1-2-23(27-12-16-8-17(13-27)10-18(9-16)14-27)32-26(34)20-15-30-33-22(24(28)29)11-21(31-25(20)33)19-6-4-3-5-7-19/h3-7,11,15-18,23-24H,2,8-10,12-14H2,1H3,(H,32,34). The minimum Gasteiger partial charge on any atom is -0.349 e. The molecule has 178 valence electrons. The van der Waals surface area contributed by atoms with E-state index in [0.29, 0.717) is 5.69 Å². The topological polar surface area (TPSA) is 59.3 Å². The van der Waals surface area contributed by atoms with Gasteiger partial charge in [0, 0.05) is 11.6 Å². The lowest BCUT2D eigenvalue weighted by atomic mass is 9.47. The van der Waals surface area contributed by atoms with E-state index in [1.54, 1.807) is 0 Å². The number of aromatic nitrogens is 3. The Morgan fingerprint density at radius 1 is 1.12 bits per heavy atom. The van der Waals surface area contributed by atoms with Crippen LogP contribution in [0.5, 0.6) is 0 Å². The Labute approximate surface area is 198 Å². The molecule has 5 nitrogen and oxygen atoms in total. The summed E-state index contributed by atoms with van der Waals surface area (Å²) in [5, 5.41) is 7.44. The number of fused-ring (bicyclic) bond motifs is 1. The molecule has 4 aliphatic rings. The summed E-state index contributed by atoms with van der Waals surface area (Å²) in [6.45, 7) is 2.14. The summed E-state index contributed by atoms with van der Waals surface area (Å²) in [5.74, 6) is 2.10. The number of carbonyl (C=O) groups is 1. The van der Waals surface area contributed by atoms with Gasteiger partial charge in [-0.1, -0.05) is 37.3 Å². The highest BCUT2D eigenvalue weighted by Gasteiger charge is 2.54. The molecular formula is C27H30F2N4O. The van der Waals surface area contributed by atoms with E-state index in [1.165, 1.54) is 50.8 Å². The van der Waals surface area contributed by atoms with E-state index in [2.05, 4.69) is 22.3 Å². The van der Waals surface area contributed by atoms with Crippen LogP contribution in [-0.2, 0) is 0 Å². The molecule has 7 rings (SSSR count). The Bertz CT molecular complexity index is 1190. The molecule has 1 unspecified atom stereocenters. The molecule has 1 aromatic carbocycles. The Kier molecular flexibility index (Phi) is 5.19. The SMILES string of the molecule is CCC(NC(=O)c1cnn2c(C(F)F)cc(-c3ccccc3)nc12)C12CC3CC(CC(C3)C1)C2. The fraction of sp³-hybridized carbons (Fsp3) is 0.519. The molecule has 1 amide bonds. The highest BCUT2D eigenvalue weighted by Crippen LogP contribution is 2.61. The number of hydrogen-bond acceptors (Lipinski definition) is 3. The number of nitrogens with one attached hydrogen (secondary N) is 1. The molecule has 34 heavy (non-hydrogen) atoms. The maximum atomic E-state index is 13.9. The van der Waals surface area contributed by atoms with Gasteiger partial charge < -0.3 is 5.32 Å². The van der Waals surface area contributed by atoms with Crippen molar-refractivity contribution in [2.75, 3.05) is 0 Å². The fourth-order valence-corrected chi connectivity index (χ4v) is 7.59. The molecule has 0 spiro atoms. The molecule has 0 radical (unpaired) electrons. The van der Waals surface area contributed by atoms with Crippen LogP contribution in [0.4, 0.5) is 8.78 Å². The second-order valence-corrected chi connectivity index (χ2v) is 10.7. The van der Waals surface area contributed by atoms with Gasteiger partial charge in [-0.3, -0.25) is 4.79 Å². The van der Waals surface area contributed by atoms with Gasteiger partial charge in [0.1, 0.15) is 11.3 Å². The van der Waals surface area contributed by atoms with Gasteiger partial charge in [0.2, 0.25) is 0 Å². The minimum absolute atomic E-state index is 0.0789. The number of hydrogen-bond donors (Lipinski definition) is 1. The summed E-state index contributed by atoms with van der Waals surface area (Å²) in [7, 11) is 0. The van der Waals surface area contributed by atoms with Crippen molar-refractivity contribution in [3.8, 4) is 11.3 Å². The van der Waals surface area contributed by atoms with Crippen molar-refractivity contribution in [2.45, 2.75) is 64.3 Å². The molecule has 2 aromatic heterocycles. The molecule has 4 aliphatic carbocycles. The molecule has 1 N–H and O–H groups in total. The molecule has 4 fully saturated rings. The van der Waals surface area contributed by atoms with Crippen LogP contribution in [-0.4, -0.2) is 26.5 Å². The molecular weight excluding hydrogens is 434 g/mol. The van der Waals surface area contributed by atoms with Crippen LogP contribution >= 0.6 is 0 Å². The van der Waals surface area contributed by atoms with E-state index in [0.717, 1.165) is 34.3 Å². The highest BCUT2D eigenvalue weighted by molar-refractivity contribution is 6.00. The fourth-order valence-electron chi connectivity index (χ4n) is 7.59. The van der Waals surface area contributed by atoms with Crippen molar-refractivity contribution in [3.05, 3.63) is 53.9 Å². The van der Waals surface area contributed by atoms with Crippen molar-refractivity contribution in [3.63, 3.8) is 0 Å². The molecule has 3 aromatic rings. The molecule has 2 heterocycles. The maximum absolute atomic E-state index is 13.9. The molecule has 1 atom stereocenters. The quantitative estimate of drug-likeness (QED) is 0.482. The third-order valence-corrected chi connectivity index (χ3v) is 8.58. The van der Waals surface area contributed by atoms with Gasteiger partial charge in [0.15, 0.2) is 5.65 Å². The van der Waals surface area contributed by atoms with E-state index in [1.807, 2.05) is 30.3 Å². The summed E-state index contributed by atoms with van der Waals surface area (Å²) in [6.07, 6.45) is 7.13. The van der Waals surface area contributed by atoms with Gasteiger partial charge in [0.05, 0.1) is 11.9 Å². The highest BCUT2D eigenvalue weighted by atomic mass is 19.3. The molecule has 0 saturated heterocycles. The van der Waals surface area contributed by atoms with Crippen LogP contribution in [0.2, 0.25) is 0 Å². The van der Waals surface area contributed by atoms with Crippen LogP contribution in [0, 0.1) is 23.2 Å². The Balaban J connectivity index is 1.35. The first-order valence-electron chi connectivity index (χ1n) is 12.5. The zero-order chi connectivity index (χ0) is 23.4. The smallest absolute Gasteiger partial charge is 0.280 e. The Morgan fingerprint density at radius 2 is 1.76 bits per heavy atom. The zero-order valence-corrected chi connectivity index (χ0v) is 19.4. The summed E-state index contributed by atoms with van der Waals surface area (Å²) >= 11 is 0. The van der Waals surface area contributed by atoms with Crippen molar-refractivity contribution in [2.24, 2.45) is 23.2 Å². The minimum atomic E-state index is -2.74. The lowest BCUT2D eigenvalue weighted by molar-refractivity contribution is -0.0727. The number of rotatable bonds is 6. The van der Waals surface area contributed by atoms with Crippen molar-refractivity contribution >= 4 is 11.6 Å². The van der Waals surface area contributed by atoms with Crippen LogP contribution in [0.3, 0.4) is 0 Å². The van der Waals surface area contributed by atoms with Crippen molar-refractivity contribution in [1.29, 1.82) is 0 Å². The molecule has 0 aliphatic heterocycles. The van der Waals surface area contributed by atoms with E-state index in [4.69, 9.17) is 0 Å².